The van der Waals surface area contributed by atoms with Crippen LogP contribution in [-0.4, -0.2) is 27.1 Å². The molecule has 7 nitrogen and oxygen atoms in total. The third-order valence-electron chi connectivity index (χ3n) is 9.11. The maximum atomic E-state index is 16.7. The number of aliphatic carboxylic acids is 1. The molecule has 5 aromatic rings. The Morgan fingerprint density at radius 2 is 1.67 bits per heavy atom. The number of hydrogen-bond donors (Lipinski definition) is 3. The molecule has 2 unspecified atom stereocenters. The topological polar surface area (TPSA) is 91.6 Å². The number of pyridine rings is 1. The number of hydrogen-bond acceptors (Lipinski definition) is 4. The highest BCUT2D eigenvalue weighted by Gasteiger charge is 2.47. The summed E-state index contributed by atoms with van der Waals surface area (Å²) in [5, 5.41) is 13.4. The van der Waals surface area contributed by atoms with Crippen molar-refractivity contribution in [2.24, 2.45) is 17.8 Å². The van der Waals surface area contributed by atoms with E-state index in [2.05, 4.69) is 20.1 Å². The molecule has 2 bridgehead atoms. The number of nitrogens with one attached hydrogen (secondary N) is 2. The largest absolute Gasteiger partial charge is 0.481 e. The normalized spacial score (nSPS) is 20.6. The van der Waals surface area contributed by atoms with E-state index in [1.165, 1.54) is 6.20 Å². The third kappa shape index (κ3) is 5.04. The molecule has 0 spiro atoms. The van der Waals surface area contributed by atoms with E-state index in [0.717, 1.165) is 37.8 Å². The molecule has 2 aromatic heterocycles. The monoisotopic (exact) mass is 608 g/mol. The molecule has 3 aliphatic rings. The highest BCUT2D eigenvalue weighted by atomic mass is 19.1. The standard InChI is InChI=1S/C35H27F3N4O3/c1-39-33-27(18-11-13-23(14-12-18)45-22-5-3-2-4-6-22)29(38)34(41-30-20-9-7-19(8-10-20)28(30)35(43)44)42-32(33)25-17-40-31-24(25)15-21(36)16-26(31)37/h2-6,11-17,19-20,28,30,40H,7-10H2,(H,41,42)(H,43,44). The van der Waals surface area contributed by atoms with Crippen LogP contribution in [0, 0.1) is 41.8 Å². The maximum Gasteiger partial charge on any atom is 0.308 e. The lowest BCUT2D eigenvalue weighted by Crippen LogP contribution is -2.51. The molecule has 0 saturated heterocycles. The van der Waals surface area contributed by atoms with Crippen LogP contribution < -0.4 is 10.1 Å². The average Bonchev–Trinajstić information content (AvgIpc) is 3.47. The number of aromatic amines is 1. The Morgan fingerprint density at radius 3 is 2.36 bits per heavy atom. The maximum absolute atomic E-state index is 16.7. The number of fused-ring (bicyclic) bond motifs is 4. The summed E-state index contributed by atoms with van der Waals surface area (Å²) in [6.45, 7) is 8.07. The van der Waals surface area contributed by atoms with Crippen molar-refractivity contribution in [1.82, 2.24) is 9.97 Å². The second kappa shape index (κ2) is 11.3. The number of carboxylic acids is 1. The van der Waals surface area contributed by atoms with Crippen molar-refractivity contribution in [2.45, 2.75) is 31.7 Å². The number of anilines is 1. The van der Waals surface area contributed by atoms with E-state index in [0.29, 0.717) is 17.1 Å². The third-order valence-corrected chi connectivity index (χ3v) is 9.11. The molecule has 2 heterocycles. The van der Waals surface area contributed by atoms with Gasteiger partial charge >= 0.3 is 5.97 Å². The lowest BCUT2D eigenvalue weighted by Gasteiger charge is -2.47. The van der Waals surface area contributed by atoms with Crippen LogP contribution in [0.2, 0.25) is 0 Å². The van der Waals surface area contributed by atoms with Crippen molar-refractivity contribution in [1.29, 1.82) is 0 Å². The number of carboxylic acid groups (broad SMARTS) is 1. The minimum absolute atomic E-state index is 0.00967. The fourth-order valence-corrected chi connectivity index (χ4v) is 7.05. The number of ether oxygens (including phenoxy) is 1. The van der Waals surface area contributed by atoms with Gasteiger partial charge in [0.2, 0.25) is 5.69 Å². The highest BCUT2D eigenvalue weighted by molar-refractivity contribution is 6.01. The predicted molar refractivity (Wildman–Crippen MR) is 164 cm³/mol. The zero-order valence-corrected chi connectivity index (χ0v) is 23.9. The van der Waals surface area contributed by atoms with Gasteiger partial charge in [-0.1, -0.05) is 30.3 Å². The van der Waals surface area contributed by atoms with Gasteiger partial charge in [-0.05, 0) is 73.4 Å². The summed E-state index contributed by atoms with van der Waals surface area (Å²) in [5.74, 6) is -3.26. The predicted octanol–water partition coefficient (Wildman–Crippen LogP) is 8.96. The van der Waals surface area contributed by atoms with Crippen molar-refractivity contribution in [2.75, 3.05) is 5.32 Å². The first kappa shape index (κ1) is 28.5. The number of rotatable bonds is 7. The van der Waals surface area contributed by atoms with Crippen LogP contribution in [-0.2, 0) is 4.79 Å². The molecule has 0 radical (unpaired) electrons. The molecule has 2 atom stereocenters. The summed E-state index contributed by atoms with van der Waals surface area (Å²) in [7, 11) is 0. The number of para-hydroxylation sites is 1. The molecule has 3 saturated carbocycles. The summed E-state index contributed by atoms with van der Waals surface area (Å²) < 4.78 is 51.6. The van der Waals surface area contributed by atoms with Crippen LogP contribution in [0.5, 0.6) is 11.5 Å². The van der Waals surface area contributed by atoms with Crippen molar-refractivity contribution < 1.29 is 27.8 Å². The van der Waals surface area contributed by atoms with Gasteiger partial charge in [-0.3, -0.25) is 4.79 Å². The smallest absolute Gasteiger partial charge is 0.308 e. The van der Waals surface area contributed by atoms with E-state index in [1.54, 1.807) is 36.4 Å². The first-order chi connectivity index (χ1) is 21.8. The Kier molecular flexibility index (Phi) is 7.16. The molecule has 45 heavy (non-hydrogen) atoms. The van der Waals surface area contributed by atoms with Gasteiger partial charge in [0.15, 0.2) is 11.6 Å². The van der Waals surface area contributed by atoms with Gasteiger partial charge < -0.3 is 20.1 Å². The summed E-state index contributed by atoms with van der Waals surface area (Å²) in [5.41, 5.74) is 0.369. The van der Waals surface area contributed by atoms with Gasteiger partial charge in [0.25, 0.3) is 0 Å². The van der Waals surface area contributed by atoms with Crippen LogP contribution in [0.4, 0.5) is 24.7 Å². The number of aromatic nitrogens is 2. The lowest BCUT2D eigenvalue weighted by atomic mass is 9.61. The van der Waals surface area contributed by atoms with Gasteiger partial charge in [0, 0.05) is 34.8 Å². The Morgan fingerprint density at radius 1 is 0.978 bits per heavy atom. The zero-order valence-electron chi connectivity index (χ0n) is 23.9. The van der Waals surface area contributed by atoms with E-state index in [1.807, 2.05) is 18.2 Å². The van der Waals surface area contributed by atoms with Crippen LogP contribution in [0.1, 0.15) is 25.7 Å². The number of halogens is 3. The molecule has 10 heteroatoms. The lowest BCUT2D eigenvalue weighted by molar-refractivity contribution is -0.148. The average molecular weight is 609 g/mol. The van der Waals surface area contributed by atoms with E-state index in [4.69, 9.17) is 11.3 Å². The van der Waals surface area contributed by atoms with Crippen molar-refractivity contribution in [3.05, 3.63) is 102 Å². The van der Waals surface area contributed by atoms with Gasteiger partial charge in [-0.15, -0.1) is 0 Å². The molecule has 226 valence electrons. The molecule has 8 rings (SSSR count). The quantitative estimate of drug-likeness (QED) is 0.161. The molecular weight excluding hydrogens is 581 g/mol. The van der Waals surface area contributed by atoms with Crippen LogP contribution in [0.15, 0.2) is 72.9 Å². The minimum Gasteiger partial charge on any atom is -0.481 e. The minimum atomic E-state index is -0.947. The SMILES string of the molecule is [C-]#[N+]c1c(-c2c[nH]c3c(F)cc(F)cc23)nc(NC2C3CCC(CC3)C2C(=O)O)c(F)c1-c1ccc(Oc2ccccc2)cc1. The number of nitrogens with zero attached hydrogens (tertiary/aromatic N) is 2. The van der Waals surface area contributed by atoms with Crippen LogP contribution >= 0.6 is 0 Å². The zero-order chi connectivity index (χ0) is 31.2. The molecule has 3 aliphatic carbocycles. The molecule has 3 fully saturated rings. The van der Waals surface area contributed by atoms with E-state index >= 15 is 4.39 Å². The summed E-state index contributed by atoms with van der Waals surface area (Å²) in [4.78, 5) is 23.4. The molecule has 0 amide bonds. The van der Waals surface area contributed by atoms with Gasteiger partial charge in [0.1, 0.15) is 23.1 Å². The van der Waals surface area contributed by atoms with Crippen molar-refractivity contribution >= 4 is 28.4 Å². The molecule has 3 aromatic carbocycles. The number of benzene rings is 3. The number of H-pyrrole nitrogens is 1. The van der Waals surface area contributed by atoms with Crippen molar-refractivity contribution in [3.8, 4) is 33.9 Å². The Bertz CT molecular complexity index is 1960. The first-order valence-corrected chi connectivity index (χ1v) is 14.7. The van der Waals surface area contributed by atoms with Crippen molar-refractivity contribution in [3.63, 3.8) is 0 Å². The highest BCUT2D eigenvalue weighted by Crippen LogP contribution is 2.49. The summed E-state index contributed by atoms with van der Waals surface area (Å²) in [6, 6.07) is 17.0. The van der Waals surface area contributed by atoms with Gasteiger partial charge in [0.05, 0.1) is 23.7 Å². The second-order valence-electron chi connectivity index (χ2n) is 11.6. The fourth-order valence-electron chi connectivity index (χ4n) is 7.05. The first-order valence-electron chi connectivity index (χ1n) is 14.7. The second-order valence-corrected chi connectivity index (χ2v) is 11.6. The summed E-state index contributed by atoms with van der Waals surface area (Å²) >= 11 is 0. The van der Waals surface area contributed by atoms with Crippen LogP contribution in [0.25, 0.3) is 38.1 Å². The van der Waals surface area contributed by atoms with Gasteiger partial charge in [-0.25, -0.2) is 23.0 Å². The van der Waals surface area contributed by atoms with Gasteiger partial charge in [-0.2, -0.15) is 0 Å². The van der Waals surface area contributed by atoms with Crippen LogP contribution in [0.3, 0.4) is 0 Å². The number of carbonyl (C=O) groups is 1. The fraction of sp³-hybridized carbons (Fsp3) is 0.229. The molecule has 0 aliphatic heterocycles. The Labute approximate surface area is 256 Å². The van der Waals surface area contributed by atoms with E-state index in [-0.39, 0.29) is 51.1 Å². The van der Waals surface area contributed by atoms with E-state index < -0.39 is 35.4 Å². The van der Waals surface area contributed by atoms with E-state index in [9.17, 15) is 18.7 Å². The Hall–Kier alpha value is -5.30. The summed E-state index contributed by atoms with van der Waals surface area (Å²) in [6.07, 6.45) is 4.64. The molecule has 3 N–H and O–H groups in total. The Balaban J connectivity index is 1.39. The molecular formula is C35H27F3N4O3.